The highest BCUT2D eigenvalue weighted by Gasteiger charge is 2.11. The van der Waals surface area contributed by atoms with Crippen LogP contribution in [0.3, 0.4) is 0 Å². The molecular weight excluding hydrogens is 284 g/mol. The molecule has 0 saturated heterocycles. The topological polar surface area (TPSA) is 41.1 Å². The van der Waals surface area contributed by atoms with Crippen LogP contribution in [-0.2, 0) is 4.79 Å². The van der Waals surface area contributed by atoms with Crippen molar-refractivity contribution in [3.8, 4) is 11.1 Å². The van der Waals surface area contributed by atoms with E-state index >= 15 is 0 Å². The minimum absolute atomic E-state index is 0.0493. The number of unbranched alkanes of at least 4 members (excludes halogenated alkanes) is 2. The largest absolute Gasteiger partial charge is 0.374 e. The Balaban J connectivity index is 1.86. The van der Waals surface area contributed by atoms with E-state index in [1.165, 1.54) is 11.1 Å². The van der Waals surface area contributed by atoms with E-state index in [0.717, 1.165) is 31.5 Å². The van der Waals surface area contributed by atoms with Crippen LogP contribution in [0.2, 0.25) is 0 Å². The summed E-state index contributed by atoms with van der Waals surface area (Å²) in [5.41, 5.74) is 3.33. The van der Waals surface area contributed by atoms with Gasteiger partial charge in [0.25, 0.3) is 0 Å². The molecule has 0 aromatic heterocycles. The summed E-state index contributed by atoms with van der Waals surface area (Å²) in [6.45, 7) is 4.80. The Labute approximate surface area is 139 Å². The van der Waals surface area contributed by atoms with Gasteiger partial charge in [-0.05, 0) is 36.6 Å². The Hall–Kier alpha value is -2.29. The minimum atomic E-state index is -0.237. The predicted octanol–water partition coefficient (Wildman–Crippen LogP) is 4.46. The van der Waals surface area contributed by atoms with Crippen molar-refractivity contribution in [2.75, 3.05) is 11.9 Å². The van der Waals surface area contributed by atoms with Gasteiger partial charge in [0, 0.05) is 12.2 Å². The zero-order chi connectivity index (χ0) is 16.5. The molecule has 122 valence electrons. The summed E-state index contributed by atoms with van der Waals surface area (Å²) < 4.78 is 0. The van der Waals surface area contributed by atoms with Crippen molar-refractivity contribution >= 4 is 11.6 Å². The van der Waals surface area contributed by atoms with Crippen molar-refractivity contribution in [3.05, 3.63) is 54.6 Å². The van der Waals surface area contributed by atoms with Gasteiger partial charge < -0.3 is 10.6 Å². The van der Waals surface area contributed by atoms with E-state index in [9.17, 15) is 4.79 Å². The number of hydrogen-bond acceptors (Lipinski definition) is 2. The molecule has 2 rings (SSSR count). The molecule has 0 spiro atoms. The molecule has 2 aromatic rings. The standard InChI is InChI=1S/C20H26N2O/c1-3-4-8-15-21-20(23)16(2)22-19-13-11-18(12-14-19)17-9-6-5-7-10-17/h5-7,9-14,16,22H,3-4,8,15H2,1-2H3,(H,21,23). The predicted molar refractivity (Wildman–Crippen MR) is 97.5 cm³/mol. The minimum Gasteiger partial charge on any atom is -0.374 e. The van der Waals surface area contributed by atoms with Gasteiger partial charge in [0.2, 0.25) is 5.91 Å². The van der Waals surface area contributed by atoms with E-state index < -0.39 is 0 Å². The second-order valence-corrected chi connectivity index (χ2v) is 5.81. The third-order valence-corrected chi connectivity index (χ3v) is 3.85. The number of carbonyl (C=O) groups is 1. The number of carbonyl (C=O) groups excluding carboxylic acids is 1. The molecule has 0 aliphatic carbocycles. The number of hydrogen-bond donors (Lipinski definition) is 2. The molecule has 0 heterocycles. The molecule has 0 radical (unpaired) electrons. The first-order valence-corrected chi connectivity index (χ1v) is 8.40. The summed E-state index contributed by atoms with van der Waals surface area (Å²) in [6, 6.07) is 18.2. The van der Waals surface area contributed by atoms with Crippen molar-refractivity contribution in [2.45, 2.75) is 39.2 Å². The van der Waals surface area contributed by atoms with E-state index in [2.05, 4.69) is 41.8 Å². The highest BCUT2D eigenvalue weighted by Crippen LogP contribution is 2.21. The maximum Gasteiger partial charge on any atom is 0.242 e. The van der Waals surface area contributed by atoms with Gasteiger partial charge in [0.05, 0.1) is 0 Å². The summed E-state index contributed by atoms with van der Waals surface area (Å²) in [5.74, 6) is 0.0493. The number of benzene rings is 2. The van der Waals surface area contributed by atoms with Crippen molar-refractivity contribution in [3.63, 3.8) is 0 Å². The lowest BCUT2D eigenvalue weighted by Crippen LogP contribution is -2.38. The second-order valence-electron chi connectivity index (χ2n) is 5.81. The molecule has 1 unspecified atom stereocenters. The quantitative estimate of drug-likeness (QED) is 0.707. The fraction of sp³-hybridized carbons (Fsp3) is 0.350. The lowest BCUT2D eigenvalue weighted by molar-refractivity contribution is -0.121. The third-order valence-electron chi connectivity index (χ3n) is 3.85. The first-order chi connectivity index (χ1) is 11.2. The summed E-state index contributed by atoms with van der Waals surface area (Å²) >= 11 is 0. The van der Waals surface area contributed by atoms with Gasteiger partial charge in [-0.3, -0.25) is 4.79 Å². The average molecular weight is 310 g/mol. The van der Waals surface area contributed by atoms with Crippen LogP contribution in [0, 0.1) is 0 Å². The Kier molecular flexibility index (Phi) is 6.67. The van der Waals surface area contributed by atoms with Crippen molar-refractivity contribution < 1.29 is 4.79 Å². The highest BCUT2D eigenvalue weighted by molar-refractivity contribution is 5.84. The van der Waals surface area contributed by atoms with Gasteiger partial charge in [-0.25, -0.2) is 0 Å². The van der Waals surface area contributed by atoms with Crippen molar-refractivity contribution in [2.24, 2.45) is 0 Å². The smallest absolute Gasteiger partial charge is 0.242 e. The summed E-state index contributed by atoms with van der Waals surface area (Å²) in [4.78, 5) is 12.0. The zero-order valence-electron chi connectivity index (χ0n) is 14.0. The van der Waals surface area contributed by atoms with Gasteiger partial charge in [-0.1, -0.05) is 62.2 Å². The number of nitrogens with one attached hydrogen (secondary N) is 2. The average Bonchev–Trinajstić information content (AvgIpc) is 2.60. The number of amides is 1. The highest BCUT2D eigenvalue weighted by atomic mass is 16.2. The Bertz CT molecular complexity index is 593. The fourth-order valence-corrected chi connectivity index (χ4v) is 2.44. The molecule has 1 atom stereocenters. The van der Waals surface area contributed by atoms with E-state index in [4.69, 9.17) is 0 Å². The number of rotatable bonds is 8. The lowest BCUT2D eigenvalue weighted by Gasteiger charge is -2.15. The van der Waals surface area contributed by atoms with Gasteiger partial charge >= 0.3 is 0 Å². The monoisotopic (exact) mass is 310 g/mol. The summed E-state index contributed by atoms with van der Waals surface area (Å²) in [5, 5.41) is 6.22. The van der Waals surface area contributed by atoms with Crippen LogP contribution in [0.1, 0.15) is 33.1 Å². The SMILES string of the molecule is CCCCCNC(=O)C(C)Nc1ccc(-c2ccccc2)cc1. The van der Waals surface area contributed by atoms with Crippen molar-refractivity contribution in [1.82, 2.24) is 5.32 Å². The van der Waals surface area contributed by atoms with Gasteiger partial charge in [-0.15, -0.1) is 0 Å². The summed E-state index contributed by atoms with van der Waals surface area (Å²) in [6.07, 6.45) is 3.36. The zero-order valence-corrected chi connectivity index (χ0v) is 14.0. The molecule has 0 saturated carbocycles. The van der Waals surface area contributed by atoms with Crippen molar-refractivity contribution in [1.29, 1.82) is 0 Å². The molecule has 3 nitrogen and oxygen atoms in total. The molecule has 1 amide bonds. The normalized spacial score (nSPS) is 11.7. The first kappa shape index (κ1) is 17.1. The van der Waals surface area contributed by atoms with Crippen LogP contribution in [0.25, 0.3) is 11.1 Å². The van der Waals surface area contributed by atoms with Gasteiger partial charge in [-0.2, -0.15) is 0 Å². The molecule has 2 aromatic carbocycles. The van der Waals surface area contributed by atoms with Crippen LogP contribution in [0.5, 0.6) is 0 Å². The maximum absolute atomic E-state index is 12.0. The Morgan fingerprint density at radius 1 is 0.957 bits per heavy atom. The summed E-state index contributed by atoms with van der Waals surface area (Å²) in [7, 11) is 0. The fourth-order valence-electron chi connectivity index (χ4n) is 2.44. The molecular formula is C20H26N2O. The van der Waals surface area contributed by atoms with Crippen LogP contribution >= 0.6 is 0 Å². The Morgan fingerprint density at radius 3 is 2.26 bits per heavy atom. The molecule has 0 fully saturated rings. The van der Waals surface area contributed by atoms with Gasteiger partial charge in [0.1, 0.15) is 6.04 Å². The van der Waals surface area contributed by atoms with Crippen LogP contribution in [0.4, 0.5) is 5.69 Å². The van der Waals surface area contributed by atoms with Crippen LogP contribution in [0.15, 0.2) is 54.6 Å². The van der Waals surface area contributed by atoms with Gasteiger partial charge in [0.15, 0.2) is 0 Å². The molecule has 3 heteroatoms. The number of anilines is 1. The van der Waals surface area contributed by atoms with E-state index in [1.807, 2.05) is 37.3 Å². The van der Waals surface area contributed by atoms with Crippen LogP contribution < -0.4 is 10.6 Å². The molecule has 0 aliphatic rings. The molecule has 2 N–H and O–H groups in total. The Morgan fingerprint density at radius 2 is 1.61 bits per heavy atom. The second kappa shape index (κ2) is 8.99. The maximum atomic E-state index is 12.0. The van der Waals surface area contributed by atoms with E-state index in [-0.39, 0.29) is 11.9 Å². The van der Waals surface area contributed by atoms with E-state index in [0.29, 0.717) is 0 Å². The molecule has 23 heavy (non-hydrogen) atoms. The molecule has 0 aliphatic heterocycles. The lowest BCUT2D eigenvalue weighted by atomic mass is 10.1. The third kappa shape index (κ3) is 5.44. The molecule has 0 bridgehead atoms. The van der Waals surface area contributed by atoms with Crippen LogP contribution in [-0.4, -0.2) is 18.5 Å². The van der Waals surface area contributed by atoms with E-state index in [1.54, 1.807) is 0 Å². The first-order valence-electron chi connectivity index (χ1n) is 8.40.